The van der Waals surface area contributed by atoms with Gasteiger partial charge in [0.1, 0.15) is 11.5 Å². The minimum absolute atomic E-state index is 0.0142. The van der Waals surface area contributed by atoms with Crippen molar-refractivity contribution in [2.45, 2.75) is 31.5 Å². The number of benzene rings is 1. The van der Waals surface area contributed by atoms with Crippen molar-refractivity contribution in [3.8, 4) is 0 Å². The summed E-state index contributed by atoms with van der Waals surface area (Å²) in [5.74, 6) is -0.284. The lowest BCUT2D eigenvalue weighted by molar-refractivity contribution is -0.0161. The van der Waals surface area contributed by atoms with Gasteiger partial charge in [-0.3, -0.25) is 4.79 Å². The molecule has 1 amide bonds. The van der Waals surface area contributed by atoms with Crippen LogP contribution < -0.4 is 11.1 Å². The monoisotopic (exact) mass is 303 g/mol. The van der Waals surface area contributed by atoms with Gasteiger partial charge in [-0.1, -0.05) is 12.1 Å². The van der Waals surface area contributed by atoms with Gasteiger partial charge < -0.3 is 20.8 Å². The zero-order valence-corrected chi connectivity index (χ0v) is 12.2. The average molecular weight is 303 g/mol. The molecule has 0 spiro atoms. The summed E-state index contributed by atoms with van der Waals surface area (Å²) >= 11 is 0. The number of aryl methyl sites for hydroxylation is 1. The Kier molecular flexibility index (Phi) is 2.99. The number of aromatic nitrogens is 1. The number of aromatic amines is 1. The van der Waals surface area contributed by atoms with Gasteiger partial charge in [0.2, 0.25) is 0 Å². The van der Waals surface area contributed by atoms with Gasteiger partial charge >= 0.3 is 0 Å². The summed E-state index contributed by atoms with van der Waals surface area (Å²) in [6.07, 6.45) is 0.967. The van der Waals surface area contributed by atoms with Crippen LogP contribution in [0.15, 0.2) is 18.2 Å². The van der Waals surface area contributed by atoms with E-state index >= 15 is 0 Å². The molecule has 2 aromatic rings. The average Bonchev–Trinajstić information content (AvgIpc) is 3.08. The van der Waals surface area contributed by atoms with Gasteiger partial charge in [-0.25, -0.2) is 4.39 Å². The molecular weight excluding hydrogens is 285 g/mol. The minimum Gasteiger partial charge on any atom is -0.376 e. The number of rotatable bonds is 2. The Hall–Kier alpha value is -1.92. The van der Waals surface area contributed by atoms with E-state index in [1.165, 1.54) is 6.07 Å². The molecule has 1 aliphatic heterocycles. The van der Waals surface area contributed by atoms with Gasteiger partial charge in [-0.15, -0.1) is 0 Å². The van der Waals surface area contributed by atoms with Crippen LogP contribution in [0, 0.1) is 18.7 Å². The van der Waals surface area contributed by atoms with E-state index in [9.17, 15) is 9.18 Å². The predicted octanol–water partition coefficient (Wildman–Crippen LogP) is 1.46. The molecule has 0 radical (unpaired) electrons. The number of hydrogen-bond donors (Lipinski definition) is 3. The van der Waals surface area contributed by atoms with E-state index in [2.05, 4.69) is 10.3 Å². The molecule has 6 heteroatoms. The van der Waals surface area contributed by atoms with Crippen molar-refractivity contribution in [3.63, 3.8) is 0 Å². The van der Waals surface area contributed by atoms with Crippen LogP contribution in [-0.2, 0) is 4.74 Å². The van der Waals surface area contributed by atoms with Gasteiger partial charge in [-0.2, -0.15) is 0 Å². The second-order valence-electron chi connectivity index (χ2n) is 6.15. The maximum absolute atomic E-state index is 13.8. The third-order valence-electron chi connectivity index (χ3n) is 5.01. The highest BCUT2D eigenvalue weighted by Gasteiger charge is 2.52. The smallest absolute Gasteiger partial charge is 0.268 e. The standard InChI is InChI=1S/C16H18FN3O2/c1-7-8-3-2-4-10(17)13(8)19-12(7)16(21)20-14-11(18)9-5-6-22-15(9)14/h2-4,9,11,14-15,19H,5-6,18H2,1H3,(H,20,21)/t9-,11+,14-,15-/m1/s1. The van der Waals surface area contributed by atoms with Crippen molar-refractivity contribution in [1.29, 1.82) is 0 Å². The van der Waals surface area contributed by atoms with Gasteiger partial charge in [0, 0.05) is 24.0 Å². The molecule has 4 N–H and O–H groups in total. The van der Waals surface area contributed by atoms with Crippen LogP contribution >= 0.6 is 0 Å². The summed E-state index contributed by atoms with van der Waals surface area (Å²) in [5.41, 5.74) is 7.59. The largest absolute Gasteiger partial charge is 0.376 e. The normalized spacial score (nSPS) is 30.1. The van der Waals surface area contributed by atoms with Crippen molar-refractivity contribution in [1.82, 2.24) is 10.3 Å². The van der Waals surface area contributed by atoms with Crippen molar-refractivity contribution >= 4 is 16.8 Å². The quantitative estimate of drug-likeness (QED) is 0.786. The van der Waals surface area contributed by atoms with E-state index in [4.69, 9.17) is 10.5 Å². The number of fused-ring (bicyclic) bond motifs is 2. The second-order valence-corrected chi connectivity index (χ2v) is 6.15. The highest BCUT2D eigenvalue weighted by Crippen LogP contribution is 2.38. The number of H-pyrrole nitrogens is 1. The Balaban J connectivity index is 1.61. The summed E-state index contributed by atoms with van der Waals surface area (Å²) in [4.78, 5) is 15.4. The lowest BCUT2D eigenvalue weighted by atomic mass is 9.72. The molecule has 1 aliphatic carbocycles. The van der Waals surface area contributed by atoms with E-state index in [1.807, 2.05) is 6.92 Å². The maximum Gasteiger partial charge on any atom is 0.268 e. The van der Waals surface area contributed by atoms with Crippen molar-refractivity contribution in [2.24, 2.45) is 11.7 Å². The van der Waals surface area contributed by atoms with E-state index in [1.54, 1.807) is 12.1 Å². The molecule has 116 valence electrons. The molecule has 5 nitrogen and oxygen atoms in total. The molecule has 1 saturated carbocycles. The van der Waals surface area contributed by atoms with Crippen LogP contribution in [0.2, 0.25) is 0 Å². The molecule has 1 aromatic heterocycles. The van der Waals surface area contributed by atoms with Crippen LogP contribution in [0.4, 0.5) is 4.39 Å². The predicted molar refractivity (Wildman–Crippen MR) is 80.1 cm³/mol. The Morgan fingerprint density at radius 1 is 1.50 bits per heavy atom. The molecule has 2 aliphatic rings. The Labute approximate surface area is 127 Å². The Morgan fingerprint density at radius 3 is 3.09 bits per heavy atom. The van der Waals surface area contributed by atoms with Crippen molar-refractivity contribution in [3.05, 3.63) is 35.3 Å². The fourth-order valence-corrected chi connectivity index (χ4v) is 3.70. The maximum atomic E-state index is 13.8. The van der Waals surface area contributed by atoms with Crippen LogP contribution in [-0.4, -0.2) is 35.7 Å². The van der Waals surface area contributed by atoms with Crippen LogP contribution in [0.1, 0.15) is 22.5 Å². The number of nitrogens with one attached hydrogen (secondary N) is 2. The summed E-state index contributed by atoms with van der Waals surface area (Å²) in [6.45, 7) is 2.51. The highest BCUT2D eigenvalue weighted by molar-refractivity contribution is 6.01. The van der Waals surface area contributed by atoms with Gasteiger partial charge in [0.05, 0.1) is 17.7 Å². The van der Waals surface area contributed by atoms with Gasteiger partial charge in [-0.05, 0) is 25.0 Å². The zero-order valence-electron chi connectivity index (χ0n) is 12.2. The molecule has 2 heterocycles. The first-order valence-electron chi connectivity index (χ1n) is 7.53. The molecule has 4 atom stereocenters. The highest BCUT2D eigenvalue weighted by atomic mass is 19.1. The summed E-state index contributed by atoms with van der Waals surface area (Å²) in [6, 6.07) is 4.57. The Bertz CT molecular complexity index is 757. The van der Waals surface area contributed by atoms with Crippen LogP contribution in [0.25, 0.3) is 10.9 Å². The van der Waals surface area contributed by atoms with Crippen molar-refractivity contribution < 1.29 is 13.9 Å². The summed E-state index contributed by atoms with van der Waals surface area (Å²) < 4.78 is 19.4. The van der Waals surface area contributed by atoms with Crippen LogP contribution in [0.3, 0.4) is 0 Å². The summed E-state index contributed by atoms with van der Waals surface area (Å²) in [7, 11) is 0. The number of nitrogens with two attached hydrogens (primary N) is 1. The van der Waals surface area contributed by atoms with E-state index in [0.717, 1.165) is 17.4 Å². The fourth-order valence-electron chi connectivity index (χ4n) is 3.70. The number of carbonyl (C=O) groups is 1. The first-order chi connectivity index (χ1) is 10.6. The molecular formula is C16H18FN3O2. The topological polar surface area (TPSA) is 80.1 Å². The first-order valence-corrected chi connectivity index (χ1v) is 7.53. The molecule has 4 rings (SSSR count). The SMILES string of the molecule is Cc1c(C(=O)N[C@@H]2[C@@H](N)[C@H]3CCO[C@H]32)[nH]c2c(F)cccc12. The lowest BCUT2D eigenvalue weighted by Crippen LogP contribution is -2.69. The van der Waals surface area contributed by atoms with E-state index in [0.29, 0.717) is 23.7 Å². The second kappa shape index (κ2) is 4.79. The molecule has 1 aromatic carbocycles. The molecule has 0 bridgehead atoms. The Morgan fingerprint density at radius 2 is 2.32 bits per heavy atom. The lowest BCUT2D eigenvalue weighted by Gasteiger charge is -2.45. The third kappa shape index (κ3) is 1.80. The molecule has 2 fully saturated rings. The number of ether oxygens (including phenoxy) is 1. The number of carbonyl (C=O) groups excluding carboxylic acids is 1. The number of hydrogen-bond acceptors (Lipinski definition) is 3. The fraction of sp³-hybridized carbons (Fsp3) is 0.438. The molecule has 22 heavy (non-hydrogen) atoms. The number of amides is 1. The van der Waals surface area contributed by atoms with Gasteiger partial charge in [0.25, 0.3) is 5.91 Å². The van der Waals surface area contributed by atoms with Crippen molar-refractivity contribution in [2.75, 3.05) is 6.61 Å². The van der Waals surface area contributed by atoms with Crippen LogP contribution in [0.5, 0.6) is 0 Å². The van der Waals surface area contributed by atoms with Gasteiger partial charge in [0.15, 0.2) is 0 Å². The van der Waals surface area contributed by atoms with E-state index < -0.39 is 0 Å². The van der Waals surface area contributed by atoms with E-state index in [-0.39, 0.29) is 29.9 Å². The number of halogens is 1. The number of para-hydroxylation sites is 1. The molecule has 0 unspecified atom stereocenters. The molecule has 1 saturated heterocycles. The third-order valence-corrected chi connectivity index (χ3v) is 5.01. The minimum atomic E-state index is -0.362. The first kappa shape index (κ1) is 13.7. The summed E-state index contributed by atoms with van der Waals surface area (Å²) in [5, 5.41) is 3.65. The zero-order chi connectivity index (χ0) is 15.4.